The predicted molar refractivity (Wildman–Crippen MR) is 77.7 cm³/mol. The highest BCUT2D eigenvalue weighted by atomic mass is 16.4. The molecular formula is C14H27N3O3. The molecule has 1 aliphatic heterocycles. The Morgan fingerprint density at radius 3 is 2.45 bits per heavy atom. The first-order valence-corrected chi connectivity index (χ1v) is 7.42. The number of carbonyl (C=O) groups is 2. The number of carboxylic acids is 1. The maximum absolute atomic E-state index is 12.2. The summed E-state index contributed by atoms with van der Waals surface area (Å²) in [6.07, 6.45) is 0.720. The maximum Gasteiger partial charge on any atom is 0.326 e. The number of carbonyl (C=O) groups excluding carboxylic acids is 1. The average Bonchev–Trinajstić information content (AvgIpc) is 2.43. The largest absolute Gasteiger partial charge is 0.480 e. The number of amides is 2. The second-order valence-corrected chi connectivity index (χ2v) is 5.57. The lowest BCUT2D eigenvalue weighted by Crippen LogP contribution is -2.58. The first-order chi connectivity index (χ1) is 9.40. The molecule has 1 rings (SSSR count). The standard InChI is InChI=1S/C14H27N3O3/c1-5-10(3)12(13(18)19)15-14(20)17-8-7-16(6-2)11(4)9-17/h10-12H,5-9H2,1-4H3,(H,15,20)(H,18,19)/t10?,11?,12-/m0/s1. The van der Waals surface area contributed by atoms with Crippen LogP contribution in [0.2, 0.25) is 0 Å². The summed E-state index contributed by atoms with van der Waals surface area (Å²) in [7, 11) is 0. The van der Waals surface area contributed by atoms with Crippen molar-refractivity contribution in [3.63, 3.8) is 0 Å². The lowest BCUT2D eigenvalue weighted by atomic mass is 9.99. The Bertz CT molecular complexity index is 349. The van der Waals surface area contributed by atoms with Gasteiger partial charge in [-0.15, -0.1) is 0 Å². The van der Waals surface area contributed by atoms with Crippen LogP contribution in [-0.4, -0.2) is 65.2 Å². The van der Waals surface area contributed by atoms with Crippen LogP contribution in [0.3, 0.4) is 0 Å². The topological polar surface area (TPSA) is 72.9 Å². The lowest BCUT2D eigenvalue weighted by molar-refractivity contribution is -0.140. The number of nitrogens with one attached hydrogen (secondary N) is 1. The maximum atomic E-state index is 12.2. The van der Waals surface area contributed by atoms with Crippen molar-refractivity contribution >= 4 is 12.0 Å². The van der Waals surface area contributed by atoms with Crippen molar-refractivity contribution < 1.29 is 14.7 Å². The van der Waals surface area contributed by atoms with Crippen molar-refractivity contribution in [2.24, 2.45) is 5.92 Å². The van der Waals surface area contributed by atoms with Crippen LogP contribution in [0.1, 0.15) is 34.1 Å². The number of urea groups is 1. The Labute approximate surface area is 121 Å². The first-order valence-electron chi connectivity index (χ1n) is 7.42. The number of piperazine rings is 1. The van der Waals surface area contributed by atoms with Crippen molar-refractivity contribution in [3.05, 3.63) is 0 Å². The third kappa shape index (κ3) is 4.10. The highest BCUT2D eigenvalue weighted by Gasteiger charge is 2.30. The van der Waals surface area contributed by atoms with E-state index in [9.17, 15) is 14.7 Å². The Morgan fingerprint density at radius 2 is 2.00 bits per heavy atom. The Kier molecular flexibility index (Phi) is 6.26. The van der Waals surface area contributed by atoms with E-state index in [4.69, 9.17) is 0 Å². The van der Waals surface area contributed by atoms with Crippen LogP contribution in [0, 0.1) is 5.92 Å². The van der Waals surface area contributed by atoms with Gasteiger partial charge in [0.25, 0.3) is 0 Å². The summed E-state index contributed by atoms with van der Waals surface area (Å²) in [6, 6.07) is -0.765. The zero-order valence-corrected chi connectivity index (χ0v) is 12.9. The summed E-state index contributed by atoms with van der Waals surface area (Å²) in [5.41, 5.74) is 0. The molecule has 6 nitrogen and oxygen atoms in total. The molecule has 0 aromatic heterocycles. The van der Waals surface area contributed by atoms with E-state index in [1.807, 2.05) is 13.8 Å². The minimum absolute atomic E-state index is 0.0780. The molecule has 2 amide bonds. The van der Waals surface area contributed by atoms with Crippen LogP contribution in [0.25, 0.3) is 0 Å². The SMILES string of the molecule is CCC(C)[C@H](NC(=O)N1CCN(CC)C(C)C1)C(=O)O. The molecule has 0 saturated carbocycles. The van der Waals surface area contributed by atoms with Gasteiger partial charge in [0.2, 0.25) is 0 Å². The first kappa shape index (κ1) is 16.8. The molecule has 1 saturated heterocycles. The van der Waals surface area contributed by atoms with Gasteiger partial charge < -0.3 is 15.3 Å². The second-order valence-electron chi connectivity index (χ2n) is 5.57. The molecule has 6 heteroatoms. The molecule has 0 bridgehead atoms. The fraction of sp³-hybridized carbons (Fsp3) is 0.857. The van der Waals surface area contributed by atoms with E-state index in [2.05, 4.69) is 24.1 Å². The van der Waals surface area contributed by atoms with Crippen LogP contribution in [0.4, 0.5) is 4.79 Å². The normalized spacial score (nSPS) is 23.2. The van der Waals surface area contributed by atoms with E-state index in [-0.39, 0.29) is 11.9 Å². The summed E-state index contributed by atoms with van der Waals surface area (Å²) in [5, 5.41) is 11.9. The molecule has 1 heterocycles. The fourth-order valence-corrected chi connectivity index (χ4v) is 2.56. The minimum Gasteiger partial charge on any atom is -0.480 e. The van der Waals surface area contributed by atoms with Gasteiger partial charge in [0.1, 0.15) is 6.04 Å². The summed E-state index contributed by atoms with van der Waals surface area (Å²) < 4.78 is 0. The van der Waals surface area contributed by atoms with Gasteiger partial charge in [-0.05, 0) is 19.4 Å². The van der Waals surface area contributed by atoms with Crippen LogP contribution in [-0.2, 0) is 4.79 Å². The van der Waals surface area contributed by atoms with Crippen LogP contribution >= 0.6 is 0 Å². The molecule has 116 valence electrons. The van der Waals surface area contributed by atoms with E-state index < -0.39 is 12.0 Å². The number of hydrogen-bond donors (Lipinski definition) is 2. The quantitative estimate of drug-likeness (QED) is 0.796. The van der Waals surface area contributed by atoms with Gasteiger partial charge in [0.05, 0.1) is 0 Å². The van der Waals surface area contributed by atoms with Crippen LogP contribution < -0.4 is 5.32 Å². The van der Waals surface area contributed by atoms with Crippen molar-refractivity contribution in [1.82, 2.24) is 15.1 Å². The van der Waals surface area contributed by atoms with E-state index in [0.717, 1.165) is 19.5 Å². The van der Waals surface area contributed by atoms with Gasteiger partial charge in [-0.1, -0.05) is 27.2 Å². The van der Waals surface area contributed by atoms with E-state index in [1.165, 1.54) is 0 Å². The Morgan fingerprint density at radius 1 is 1.35 bits per heavy atom. The summed E-state index contributed by atoms with van der Waals surface area (Å²) >= 11 is 0. The van der Waals surface area contributed by atoms with Crippen LogP contribution in [0.5, 0.6) is 0 Å². The van der Waals surface area contributed by atoms with Gasteiger partial charge in [-0.25, -0.2) is 9.59 Å². The van der Waals surface area contributed by atoms with Crippen molar-refractivity contribution in [2.45, 2.75) is 46.2 Å². The highest BCUT2D eigenvalue weighted by molar-refractivity contribution is 5.82. The Balaban J connectivity index is 2.60. The summed E-state index contributed by atoms with van der Waals surface area (Å²) in [4.78, 5) is 27.5. The molecule has 0 aliphatic carbocycles. The third-order valence-electron chi connectivity index (χ3n) is 4.22. The number of nitrogens with zero attached hydrogens (tertiary/aromatic N) is 2. The molecule has 0 radical (unpaired) electrons. The fourth-order valence-electron chi connectivity index (χ4n) is 2.56. The number of likely N-dealkylation sites (N-methyl/N-ethyl adjacent to an activating group) is 1. The molecule has 0 aromatic carbocycles. The average molecular weight is 285 g/mol. The molecular weight excluding hydrogens is 258 g/mol. The van der Waals surface area contributed by atoms with Gasteiger partial charge >= 0.3 is 12.0 Å². The third-order valence-corrected chi connectivity index (χ3v) is 4.22. The van der Waals surface area contributed by atoms with Crippen molar-refractivity contribution in [1.29, 1.82) is 0 Å². The van der Waals surface area contributed by atoms with E-state index >= 15 is 0 Å². The smallest absolute Gasteiger partial charge is 0.326 e. The molecule has 1 fully saturated rings. The monoisotopic (exact) mass is 285 g/mol. The molecule has 20 heavy (non-hydrogen) atoms. The Hall–Kier alpha value is -1.30. The molecule has 3 atom stereocenters. The van der Waals surface area contributed by atoms with Crippen molar-refractivity contribution in [3.8, 4) is 0 Å². The molecule has 0 spiro atoms. The van der Waals surface area contributed by atoms with Crippen LogP contribution in [0.15, 0.2) is 0 Å². The van der Waals surface area contributed by atoms with Gasteiger partial charge in [-0.2, -0.15) is 0 Å². The molecule has 0 aromatic rings. The molecule has 2 N–H and O–H groups in total. The molecule has 2 unspecified atom stereocenters. The van der Waals surface area contributed by atoms with Gasteiger partial charge in [-0.3, -0.25) is 4.90 Å². The predicted octanol–water partition coefficient (Wildman–Crippen LogP) is 1.22. The number of carboxylic acid groups (broad SMARTS) is 1. The number of rotatable bonds is 5. The van der Waals surface area contributed by atoms with E-state index in [0.29, 0.717) is 19.1 Å². The zero-order chi connectivity index (χ0) is 15.3. The molecule has 1 aliphatic rings. The lowest BCUT2D eigenvalue weighted by Gasteiger charge is -2.39. The minimum atomic E-state index is -0.965. The van der Waals surface area contributed by atoms with Gasteiger partial charge in [0.15, 0.2) is 0 Å². The second kappa shape index (κ2) is 7.47. The number of aliphatic carboxylic acids is 1. The zero-order valence-electron chi connectivity index (χ0n) is 12.9. The van der Waals surface area contributed by atoms with Crippen molar-refractivity contribution in [2.75, 3.05) is 26.2 Å². The number of hydrogen-bond acceptors (Lipinski definition) is 3. The van der Waals surface area contributed by atoms with E-state index in [1.54, 1.807) is 4.90 Å². The van der Waals surface area contributed by atoms with Gasteiger partial charge in [0, 0.05) is 25.7 Å². The summed E-state index contributed by atoms with van der Waals surface area (Å²) in [6.45, 7) is 11.1. The highest BCUT2D eigenvalue weighted by Crippen LogP contribution is 2.12. The summed E-state index contributed by atoms with van der Waals surface area (Å²) in [5.74, 6) is -1.04.